The highest BCUT2D eigenvalue weighted by Gasteiger charge is 2.54. The lowest BCUT2D eigenvalue weighted by Crippen LogP contribution is -2.40. The van der Waals surface area contributed by atoms with Crippen molar-refractivity contribution in [1.82, 2.24) is 0 Å². The number of hydrogen-bond donors (Lipinski definition) is 0. The van der Waals surface area contributed by atoms with Crippen molar-refractivity contribution < 1.29 is 0 Å². The Morgan fingerprint density at radius 2 is 0.857 bits per heavy atom. The molecule has 0 aromatic heterocycles. The van der Waals surface area contributed by atoms with E-state index in [-0.39, 0.29) is 11.3 Å². The number of hydrogen-bond acceptors (Lipinski definition) is 1. The summed E-state index contributed by atoms with van der Waals surface area (Å²) in [6.07, 6.45) is 5.86. The van der Waals surface area contributed by atoms with Crippen LogP contribution >= 0.6 is 0 Å². The summed E-state index contributed by atoms with van der Waals surface area (Å²) in [5, 5.41) is 2.52. The number of rotatable bonds is 7. The summed E-state index contributed by atoms with van der Waals surface area (Å²) in [6.45, 7) is 7.19. The molecule has 0 saturated heterocycles. The molecule has 1 unspecified atom stereocenters. The van der Waals surface area contributed by atoms with Gasteiger partial charge in [0.15, 0.2) is 0 Å². The monoisotopic (exact) mass is 895 g/mol. The van der Waals surface area contributed by atoms with Crippen molar-refractivity contribution in [3.05, 3.63) is 293 Å². The summed E-state index contributed by atoms with van der Waals surface area (Å²) in [5.41, 5.74) is 23.4. The molecule has 10 aromatic carbocycles. The molecule has 334 valence electrons. The lowest BCUT2D eigenvalue weighted by atomic mass is 9.55. The van der Waals surface area contributed by atoms with Gasteiger partial charge in [0.1, 0.15) is 0 Å². The third kappa shape index (κ3) is 6.31. The van der Waals surface area contributed by atoms with E-state index in [9.17, 15) is 0 Å². The maximum Gasteiger partial charge on any atom is 0.0720 e. The molecule has 0 N–H and O–H groups in total. The minimum Gasteiger partial charge on any atom is -0.313 e. The Hall–Kier alpha value is -8.26. The molecule has 10 aromatic rings. The van der Waals surface area contributed by atoms with Crippen LogP contribution in [0.5, 0.6) is 0 Å². The van der Waals surface area contributed by atoms with E-state index in [1.807, 2.05) is 0 Å². The number of fused-ring (bicyclic) bond motifs is 10. The molecule has 0 radical (unpaired) electrons. The number of benzene rings is 10. The van der Waals surface area contributed by atoms with Gasteiger partial charge in [0.25, 0.3) is 0 Å². The fourth-order valence-corrected chi connectivity index (χ4v) is 12.7. The molecular weight excluding hydrogens is 843 g/mol. The van der Waals surface area contributed by atoms with Crippen molar-refractivity contribution in [3.8, 4) is 44.5 Å². The summed E-state index contributed by atoms with van der Waals surface area (Å²) >= 11 is 0. The van der Waals surface area contributed by atoms with Crippen LogP contribution in [0.15, 0.2) is 254 Å². The van der Waals surface area contributed by atoms with Crippen molar-refractivity contribution in [3.63, 3.8) is 0 Å². The molecule has 0 amide bonds. The molecule has 70 heavy (non-hydrogen) atoms. The first-order chi connectivity index (χ1) is 34.4. The van der Waals surface area contributed by atoms with E-state index in [1.54, 1.807) is 0 Å². The Bertz CT molecular complexity index is 3700. The van der Waals surface area contributed by atoms with E-state index >= 15 is 0 Å². The summed E-state index contributed by atoms with van der Waals surface area (Å²) in [6, 6.07) is 88.4. The SMILES string of the molecule is CC1C=C(c2cccc3ccccc23)C=C(N(c2ccccc2-c2ccccc2-c2ccccc2-c2ccccc2)c2cccc3c2-c2ccccc2C32c3ccccc3C(C)(C)c3ccccc32)C1. The quantitative estimate of drug-likeness (QED) is 0.154. The standard InChI is InChI=1S/C69H53N/c1-46-43-49(53-34-21-26-48-25-7-8-27-51(48)53)45-50(44-46)70(65-41-20-14-32-57(65)56-31-12-11-30-55(56)54-29-10-9-28-52(54)47-23-5-4-6-24-47)66-42-22-40-64-67(66)58-33-13-15-35-59(58)69(64)62-38-18-16-36-60(62)68(2,3)61-37-17-19-39-63(61)69/h4-43,45-46H,44H2,1-3H3. The molecule has 1 nitrogen and oxygen atoms in total. The second-order valence-corrected chi connectivity index (χ2v) is 20.0. The van der Waals surface area contributed by atoms with Gasteiger partial charge in [-0.05, 0) is 119 Å². The van der Waals surface area contributed by atoms with Crippen molar-refractivity contribution >= 4 is 27.7 Å². The summed E-state index contributed by atoms with van der Waals surface area (Å²) in [7, 11) is 0. The Morgan fingerprint density at radius 1 is 0.386 bits per heavy atom. The highest BCUT2D eigenvalue weighted by molar-refractivity contribution is 6.02. The number of anilines is 2. The topological polar surface area (TPSA) is 3.24 Å². The molecule has 0 aliphatic heterocycles. The predicted molar refractivity (Wildman–Crippen MR) is 295 cm³/mol. The van der Waals surface area contributed by atoms with Gasteiger partial charge >= 0.3 is 0 Å². The van der Waals surface area contributed by atoms with Gasteiger partial charge in [0.2, 0.25) is 0 Å². The molecule has 1 heteroatoms. The summed E-state index contributed by atoms with van der Waals surface area (Å²) in [4.78, 5) is 2.66. The van der Waals surface area contributed by atoms with Crippen LogP contribution < -0.4 is 4.90 Å². The van der Waals surface area contributed by atoms with Gasteiger partial charge in [0, 0.05) is 22.2 Å². The maximum absolute atomic E-state index is 2.66. The number of para-hydroxylation sites is 1. The van der Waals surface area contributed by atoms with Crippen molar-refractivity contribution in [1.29, 1.82) is 0 Å². The van der Waals surface area contributed by atoms with Crippen LogP contribution in [0.4, 0.5) is 11.4 Å². The first kappa shape index (κ1) is 41.9. The highest BCUT2D eigenvalue weighted by Crippen LogP contribution is 2.64. The van der Waals surface area contributed by atoms with E-state index < -0.39 is 5.41 Å². The highest BCUT2D eigenvalue weighted by atomic mass is 15.2. The third-order valence-electron chi connectivity index (χ3n) is 15.7. The molecule has 3 aliphatic rings. The van der Waals surface area contributed by atoms with Gasteiger partial charge in [0.05, 0.1) is 16.8 Å². The van der Waals surface area contributed by atoms with Crippen LogP contribution in [0.3, 0.4) is 0 Å². The average Bonchev–Trinajstić information content (AvgIpc) is 3.72. The average molecular weight is 896 g/mol. The fraction of sp³-hybridized carbons (Fsp3) is 0.101. The Labute approximate surface area is 412 Å². The largest absolute Gasteiger partial charge is 0.313 e. The number of nitrogens with zero attached hydrogens (tertiary/aromatic N) is 1. The zero-order valence-electron chi connectivity index (χ0n) is 39.9. The molecular formula is C69H53N. The van der Waals surface area contributed by atoms with Crippen molar-refractivity contribution in [2.24, 2.45) is 5.92 Å². The van der Waals surface area contributed by atoms with E-state index in [4.69, 9.17) is 0 Å². The molecule has 0 heterocycles. The van der Waals surface area contributed by atoms with Crippen LogP contribution in [0, 0.1) is 5.92 Å². The smallest absolute Gasteiger partial charge is 0.0720 e. The van der Waals surface area contributed by atoms with E-state index in [0.717, 1.165) is 12.1 Å². The first-order valence-corrected chi connectivity index (χ1v) is 24.9. The predicted octanol–water partition coefficient (Wildman–Crippen LogP) is 18.0. The van der Waals surface area contributed by atoms with Gasteiger partial charge in [-0.15, -0.1) is 0 Å². The molecule has 1 spiro atoms. The van der Waals surface area contributed by atoms with Gasteiger partial charge in [-0.3, -0.25) is 0 Å². The lowest BCUT2D eigenvalue weighted by Gasteiger charge is -2.46. The van der Waals surface area contributed by atoms with Gasteiger partial charge in [-0.1, -0.05) is 251 Å². The van der Waals surface area contributed by atoms with E-state index in [1.165, 1.54) is 111 Å². The Morgan fingerprint density at radius 3 is 1.57 bits per heavy atom. The molecule has 1 atom stereocenters. The second-order valence-electron chi connectivity index (χ2n) is 20.0. The van der Waals surface area contributed by atoms with E-state index in [0.29, 0.717) is 0 Å². The minimum absolute atomic E-state index is 0.182. The van der Waals surface area contributed by atoms with E-state index in [2.05, 4.69) is 274 Å². The Balaban J connectivity index is 1.10. The van der Waals surface area contributed by atoms with Crippen LogP contribution in [0.1, 0.15) is 66.1 Å². The van der Waals surface area contributed by atoms with Gasteiger partial charge < -0.3 is 4.90 Å². The van der Waals surface area contributed by atoms with Crippen molar-refractivity contribution in [2.75, 3.05) is 4.90 Å². The van der Waals surface area contributed by atoms with Crippen LogP contribution in [-0.4, -0.2) is 0 Å². The maximum atomic E-state index is 2.66. The third-order valence-corrected chi connectivity index (χ3v) is 15.7. The number of allylic oxidation sites excluding steroid dienone is 4. The van der Waals surface area contributed by atoms with Crippen LogP contribution in [0.2, 0.25) is 0 Å². The second kappa shape index (κ2) is 16.5. The molecule has 0 fully saturated rings. The Kier molecular flexibility index (Phi) is 9.85. The van der Waals surface area contributed by atoms with Crippen LogP contribution in [-0.2, 0) is 10.8 Å². The first-order valence-electron chi connectivity index (χ1n) is 24.9. The molecule has 3 aliphatic carbocycles. The van der Waals surface area contributed by atoms with Gasteiger partial charge in [-0.25, -0.2) is 0 Å². The zero-order valence-corrected chi connectivity index (χ0v) is 39.9. The molecule has 0 saturated carbocycles. The fourth-order valence-electron chi connectivity index (χ4n) is 12.7. The normalized spacial score (nSPS) is 15.8. The summed E-state index contributed by atoms with van der Waals surface area (Å²) in [5.74, 6) is 0.281. The lowest BCUT2D eigenvalue weighted by molar-refractivity contribution is 0.563. The molecule has 13 rings (SSSR count). The zero-order chi connectivity index (χ0) is 47.0. The van der Waals surface area contributed by atoms with Crippen LogP contribution in [0.25, 0.3) is 60.9 Å². The summed E-state index contributed by atoms with van der Waals surface area (Å²) < 4.78 is 0. The molecule has 0 bridgehead atoms. The van der Waals surface area contributed by atoms with Gasteiger partial charge in [-0.2, -0.15) is 0 Å². The minimum atomic E-state index is -0.522. The van der Waals surface area contributed by atoms with Crippen molar-refractivity contribution in [2.45, 2.75) is 38.0 Å².